The molecule has 0 unspecified atom stereocenters. The highest BCUT2D eigenvalue weighted by molar-refractivity contribution is 6.89. The van der Waals surface area contributed by atoms with Crippen LogP contribution in [0, 0.1) is 0 Å². The van der Waals surface area contributed by atoms with E-state index in [9.17, 15) is 5.11 Å². The van der Waals surface area contributed by atoms with Gasteiger partial charge < -0.3 is 5.11 Å². The number of rotatable bonds is 8. The largest absolute Gasteiger partial charge is 0.507 e. The number of nitrogens with zero attached hydrogens (tertiary/aromatic N) is 4. The molecule has 5 nitrogen and oxygen atoms in total. The van der Waals surface area contributed by atoms with Crippen LogP contribution in [0.4, 0.5) is 0 Å². The Hall–Kier alpha value is -6.89. The van der Waals surface area contributed by atoms with Crippen LogP contribution in [0.3, 0.4) is 0 Å². The van der Waals surface area contributed by atoms with Crippen LogP contribution in [0.1, 0.15) is 79.0 Å². The van der Waals surface area contributed by atoms with E-state index in [0.717, 1.165) is 67.0 Å². The van der Waals surface area contributed by atoms with Crippen molar-refractivity contribution in [2.45, 2.75) is 98.2 Å². The molecule has 0 spiro atoms. The molecule has 1 N–H and O–H groups in total. The Balaban J connectivity index is 1.40. The topological polar surface area (TPSA) is 63.8 Å². The summed E-state index contributed by atoms with van der Waals surface area (Å²) < 4.78 is 2.22. The number of imidazole rings is 1. The maximum atomic E-state index is 12.7. The Morgan fingerprint density at radius 3 is 1.53 bits per heavy atom. The van der Waals surface area contributed by atoms with Crippen molar-refractivity contribution >= 4 is 24.4 Å². The lowest BCUT2D eigenvalue weighted by atomic mass is 9.79. The van der Waals surface area contributed by atoms with E-state index in [-0.39, 0.29) is 22.0 Å². The molecular formula is C62H64N4OSi. The summed E-state index contributed by atoms with van der Waals surface area (Å²) in [4.78, 5) is 16.2. The molecule has 9 aromatic rings. The predicted molar refractivity (Wildman–Crippen MR) is 290 cm³/mol. The second-order valence-electron chi connectivity index (χ2n) is 22.4. The summed E-state index contributed by atoms with van der Waals surface area (Å²) in [6, 6.07) is 53.9. The molecule has 6 heteroatoms. The summed E-state index contributed by atoms with van der Waals surface area (Å²) in [6.45, 7) is 27.1. The Kier molecular flexibility index (Phi) is 11.8. The molecule has 0 radical (unpaired) electrons. The van der Waals surface area contributed by atoms with E-state index in [1.165, 1.54) is 21.9 Å². The molecule has 0 aliphatic heterocycles. The van der Waals surface area contributed by atoms with Gasteiger partial charge >= 0.3 is 0 Å². The number of fused-ring (bicyclic) bond motifs is 1. The maximum absolute atomic E-state index is 12.7. The zero-order valence-electron chi connectivity index (χ0n) is 41.8. The number of aromatic nitrogens is 4. The van der Waals surface area contributed by atoms with Crippen molar-refractivity contribution in [3.8, 4) is 78.6 Å². The van der Waals surface area contributed by atoms with E-state index >= 15 is 0 Å². The van der Waals surface area contributed by atoms with Crippen molar-refractivity contribution in [3.63, 3.8) is 0 Å². The highest BCUT2D eigenvalue weighted by Crippen LogP contribution is 2.47. The first-order valence-electron chi connectivity index (χ1n) is 23.9. The number of benzene rings is 6. The number of hydrogen-bond acceptors (Lipinski definition) is 4. The fraction of sp³-hybridized carbons (Fsp3) is 0.242. The number of hydrogen-bond donors (Lipinski definition) is 1. The molecule has 0 bridgehead atoms. The molecule has 3 heterocycles. The number of para-hydroxylation sites is 1. The van der Waals surface area contributed by atoms with Gasteiger partial charge in [-0.15, -0.1) is 0 Å². The first-order chi connectivity index (χ1) is 32.2. The van der Waals surface area contributed by atoms with Crippen LogP contribution in [0.2, 0.25) is 19.6 Å². The number of phenols is 1. The third-order valence-electron chi connectivity index (χ3n) is 13.2. The summed E-state index contributed by atoms with van der Waals surface area (Å²) in [7, 11) is -1.76. The van der Waals surface area contributed by atoms with E-state index in [4.69, 9.17) is 15.0 Å². The van der Waals surface area contributed by atoms with Gasteiger partial charge in [-0.1, -0.05) is 203 Å². The summed E-state index contributed by atoms with van der Waals surface area (Å²) in [5, 5.41) is 14.0. The van der Waals surface area contributed by atoms with Gasteiger partial charge in [0, 0.05) is 40.2 Å². The van der Waals surface area contributed by atoms with Crippen molar-refractivity contribution in [2.75, 3.05) is 0 Å². The van der Waals surface area contributed by atoms with Crippen molar-refractivity contribution in [3.05, 3.63) is 181 Å². The smallest absolute Gasteiger partial charge is 0.165 e. The molecule has 0 fully saturated rings. The lowest BCUT2D eigenvalue weighted by molar-refractivity contribution is 0.446. The molecule has 0 amide bonds. The molecule has 0 saturated heterocycles. The fourth-order valence-electron chi connectivity index (χ4n) is 9.33. The fourth-order valence-corrected chi connectivity index (χ4v) is 10.8. The Labute approximate surface area is 404 Å². The lowest BCUT2D eigenvalue weighted by Crippen LogP contribution is -2.39. The summed E-state index contributed by atoms with van der Waals surface area (Å²) >= 11 is 0. The minimum Gasteiger partial charge on any atom is -0.507 e. The standard InChI is InChI=1S/C62H64N4OSi/c1-60(2,3)45-34-43(33-44(35-45)53-38-50(42-27-20-15-21-28-42)54(39-64-53)68(10,11)12)47-31-32-63-59-55(47)65-58(51-36-46(61(4,5)6)37-52(57(51)67)62(7,8)9)66(59)56-48(40-23-16-13-17-24-40)29-22-30-49(56)41-25-18-14-19-26-41/h13-39,67H,1-12H3. The van der Waals surface area contributed by atoms with Gasteiger partial charge in [0.2, 0.25) is 0 Å². The maximum Gasteiger partial charge on any atom is 0.165 e. The van der Waals surface area contributed by atoms with Crippen molar-refractivity contribution in [1.82, 2.24) is 19.5 Å². The SMILES string of the molecule is CC(C)(C)c1cc(-c2cc(-c3ccccc3)c([Si](C)(C)C)cn2)cc(-c2ccnc3c2nc(-c2cc(C(C)(C)C)cc(C(C)(C)C)c2O)n3-c2c(-c3ccccc3)cccc2-c2ccccc2)c1. The summed E-state index contributed by atoms with van der Waals surface area (Å²) in [5.41, 5.74) is 16.1. The highest BCUT2D eigenvalue weighted by Gasteiger charge is 2.31. The molecule has 6 aromatic carbocycles. The van der Waals surface area contributed by atoms with Gasteiger partial charge in [0.1, 0.15) is 11.3 Å². The molecular weight excluding hydrogens is 845 g/mol. The molecule has 0 aliphatic carbocycles. The second kappa shape index (κ2) is 17.3. The van der Waals surface area contributed by atoms with Crippen LogP contribution >= 0.6 is 0 Å². The van der Waals surface area contributed by atoms with Gasteiger partial charge in [0.05, 0.1) is 25.0 Å². The molecule has 0 aliphatic rings. The van der Waals surface area contributed by atoms with Crippen LogP contribution < -0.4 is 5.19 Å². The van der Waals surface area contributed by atoms with Crippen molar-refractivity contribution in [1.29, 1.82) is 0 Å². The first kappa shape index (κ1) is 46.2. The quantitative estimate of drug-likeness (QED) is 0.154. The summed E-state index contributed by atoms with van der Waals surface area (Å²) in [6.07, 6.45) is 4.04. The minimum atomic E-state index is -1.76. The van der Waals surface area contributed by atoms with Crippen LogP contribution in [0.5, 0.6) is 5.75 Å². The lowest BCUT2D eigenvalue weighted by Gasteiger charge is -2.28. The van der Waals surface area contributed by atoms with Crippen LogP contribution in [0.25, 0.3) is 84.0 Å². The first-order valence-corrected chi connectivity index (χ1v) is 27.4. The van der Waals surface area contributed by atoms with Crippen molar-refractivity contribution in [2.24, 2.45) is 0 Å². The molecule has 0 saturated carbocycles. The van der Waals surface area contributed by atoms with Crippen LogP contribution in [-0.2, 0) is 16.2 Å². The Morgan fingerprint density at radius 2 is 1.00 bits per heavy atom. The van der Waals surface area contributed by atoms with Gasteiger partial charge in [0.15, 0.2) is 11.5 Å². The van der Waals surface area contributed by atoms with Gasteiger partial charge in [-0.3, -0.25) is 9.55 Å². The van der Waals surface area contributed by atoms with Gasteiger partial charge in [-0.05, 0) is 90.7 Å². The summed E-state index contributed by atoms with van der Waals surface area (Å²) in [5.74, 6) is 0.846. The predicted octanol–water partition coefficient (Wildman–Crippen LogP) is 16.0. The third kappa shape index (κ3) is 8.86. The third-order valence-corrected chi connectivity index (χ3v) is 15.2. The normalized spacial score (nSPS) is 12.5. The number of pyridine rings is 2. The second-order valence-corrected chi connectivity index (χ2v) is 27.5. The van der Waals surface area contributed by atoms with Crippen LogP contribution in [0.15, 0.2) is 164 Å². The zero-order chi connectivity index (χ0) is 48.3. The van der Waals surface area contributed by atoms with Gasteiger partial charge in [0.25, 0.3) is 0 Å². The molecule has 0 atom stereocenters. The van der Waals surface area contributed by atoms with Gasteiger partial charge in [-0.2, -0.15) is 0 Å². The van der Waals surface area contributed by atoms with E-state index < -0.39 is 8.07 Å². The minimum absolute atomic E-state index is 0.177. The Morgan fingerprint density at radius 1 is 0.471 bits per heavy atom. The van der Waals surface area contributed by atoms with Gasteiger partial charge in [-0.25, -0.2) is 9.97 Å². The average molecular weight is 909 g/mol. The molecule has 9 rings (SSSR count). The Bertz CT molecular complexity index is 3250. The zero-order valence-corrected chi connectivity index (χ0v) is 42.8. The van der Waals surface area contributed by atoms with E-state index in [2.05, 4.69) is 244 Å². The van der Waals surface area contributed by atoms with Crippen LogP contribution in [-0.4, -0.2) is 32.7 Å². The van der Waals surface area contributed by atoms with E-state index in [0.29, 0.717) is 17.0 Å². The highest BCUT2D eigenvalue weighted by atomic mass is 28.3. The average Bonchev–Trinajstić information content (AvgIpc) is 3.70. The van der Waals surface area contributed by atoms with E-state index in [1.807, 2.05) is 6.20 Å². The van der Waals surface area contributed by atoms with Crippen molar-refractivity contribution < 1.29 is 5.11 Å². The number of phenolic OH excluding ortho intramolecular Hbond substituents is 1. The monoisotopic (exact) mass is 908 g/mol. The van der Waals surface area contributed by atoms with E-state index in [1.54, 1.807) is 0 Å². The molecule has 68 heavy (non-hydrogen) atoms. The molecule has 342 valence electrons. The number of aromatic hydroxyl groups is 1. The molecule has 3 aromatic heterocycles.